The maximum atomic E-state index is 12.8. The van der Waals surface area contributed by atoms with Crippen LogP contribution in [0.2, 0.25) is 0 Å². The molecule has 0 saturated carbocycles. The maximum absolute atomic E-state index is 12.8. The van der Waals surface area contributed by atoms with Gasteiger partial charge in [-0.3, -0.25) is 19.1 Å². The number of hydrogen-bond acceptors (Lipinski definition) is 5. The number of benzene rings is 1. The van der Waals surface area contributed by atoms with Crippen LogP contribution in [0.25, 0.3) is 0 Å². The fraction of sp³-hybridized carbons (Fsp3) is 0.450. The zero-order valence-corrected chi connectivity index (χ0v) is 16.3. The quantitative estimate of drug-likeness (QED) is 0.754. The van der Waals surface area contributed by atoms with Crippen LogP contribution in [-0.2, 0) is 11.3 Å². The summed E-state index contributed by atoms with van der Waals surface area (Å²) in [7, 11) is 0. The van der Waals surface area contributed by atoms with Crippen molar-refractivity contribution in [3.05, 3.63) is 58.0 Å². The molecule has 0 radical (unpaired) electrons. The molecule has 0 spiro atoms. The Kier molecular flexibility index (Phi) is 5.31. The Morgan fingerprint density at radius 1 is 1.19 bits per heavy atom. The smallest absolute Gasteiger partial charge is 0.257 e. The van der Waals surface area contributed by atoms with Gasteiger partial charge >= 0.3 is 0 Å². The van der Waals surface area contributed by atoms with Crippen molar-refractivity contribution in [1.29, 1.82) is 0 Å². The highest BCUT2D eigenvalue weighted by Crippen LogP contribution is 2.32. The van der Waals surface area contributed by atoms with E-state index in [2.05, 4.69) is 34.1 Å². The summed E-state index contributed by atoms with van der Waals surface area (Å²) in [6.07, 6.45) is 2.00. The van der Waals surface area contributed by atoms with Crippen LogP contribution in [0.3, 0.4) is 0 Å². The minimum atomic E-state index is -0.0836. The van der Waals surface area contributed by atoms with Crippen molar-refractivity contribution in [3.8, 4) is 0 Å². The van der Waals surface area contributed by atoms with Crippen molar-refractivity contribution >= 4 is 17.7 Å². The first-order chi connectivity index (χ1) is 13.1. The number of rotatable bonds is 4. The van der Waals surface area contributed by atoms with Gasteiger partial charge in [0.2, 0.25) is 5.91 Å². The number of nitrogens with zero attached hydrogens (tertiary/aromatic N) is 4. The second kappa shape index (κ2) is 7.86. The van der Waals surface area contributed by atoms with E-state index < -0.39 is 0 Å². The highest BCUT2D eigenvalue weighted by Gasteiger charge is 2.30. The molecule has 0 bridgehead atoms. The van der Waals surface area contributed by atoms with Crippen molar-refractivity contribution in [2.24, 2.45) is 0 Å². The van der Waals surface area contributed by atoms with Gasteiger partial charge in [0.1, 0.15) is 0 Å². The van der Waals surface area contributed by atoms with Crippen molar-refractivity contribution in [2.45, 2.75) is 31.1 Å². The number of carbonyl (C=O) groups excluding carboxylic acids is 1. The number of hydrogen-bond donors (Lipinski definition) is 0. The average molecular weight is 385 g/mol. The van der Waals surface area contributed by atoms with E-state index in [9.17, 15) is 9.59 Å². The number of aromatic nitrogens is 2. The molecule has 27 heavy (non-hydrogen) atoms. The molecular weight excluding hydrogens is 360 g/mol. The molecule has 2 aliphatic rings. The van der Waals surface area contributed by atoms with Gasteiger partial charge in [0.05, 0.1) is 6.04 Å². The SMILES string of the molecule is Cc1cnc2n(c1=O)[C@H](CC(=O)N1CCN(Cc3ccccc3)CC1)CS2. The fourth-order valence-corrected chi connectivity index (χ4v) is 4.80. The topological polar surface area (TPSA) is 58.4 Å². The molecule has 2 aliphatic heterocycles. The lowest BCUT2D eigenvalue weighted by Gasteiger charge is -2.35. The first-order valence-electron chi connectivity index (χ1n) is 9.37. The predicted molar refractivity (Wildman–Crippen MR) is 106 cm³/mol. The highest BCUT2D eigenvalue weighted by atomic mass is 32.2. The Morgan fingerprint density at radius 3 is 2.67 bits per heavy atom. The fourth-order valence-electron chi connectivity index (χ4n) is 3.70. The molecule has 0 unspecified atom stereocenters. The standard InChI is InChI=1S/C20H24N4O2S/c1-15-12-21-20-24(19(15)26)17(14-27-20)11-18(25)23-9-7-22(8-10-23)13-16-5-3-2-4-6-16/h2-6,12,17H,7-11,13-14H2,1H3/t17-/m1/s1. The maximum Gasteiger partial charge on any atom is 0.257 e. The molecule has 0 aliphatic carbocycles. The third-order valence-corrected chi connectivity index (χ3v) is 6.40. The normalized spacial score (nSPS) is 19.9. The molecule has 0 N–H and O–H groups in total. The molecule has 6 nitrogen and oxygen atoms in total. The number of carbonyl (C=O) groups is 1. The van der Waals surface area contributed by atoms with Gasteiger partial charge in [-0.2, -0.15) is 0 Å². The second-order valence-electron chi connectivity index (χ2n) is 7.21. The summed E-state index contributed by atoms with van der Waals surface area (Å²) in [6.45, 7) is 5.97. The summed E-state index contributed by atoms with van der Waals surface area (Å²) >= 11 is 1.56. The molecule has 3 heterocycles. The molecule has 1 atom stereocenters. The summed E-state index contributed by atoms with van der Waals surface area (Å²) in [4.78, 5) is 33.9. The predicted octanol–water partition coefficient (Wildman–Crippen LogP) is 1.93. The Morgan fingerprint density at radius 2 is 1.93 bits per heavy atom. The van der Waals surface area contributed by atoms with Crippen LogP contribution in [0.4, 0.5) is 0 Å². The lowest BCUT2D eigenvalue weighted by Crippen LogP contribution is -2.48. The highest BCUT2D eigenvalue weighted by molar-refractivity contribution is 7.99. The second-order valence-corrected chi connectivity index (χ2v) is 8.20. The van der Waals surface area contributed by atoms with E-state index in [-0.39, 0.29) is 17.5 Å². The third kappa shape index (κ3) is 3.94. The summed E-state index contributed by atoms with van der Waals surface area (Å²) < 4.78 is 1.71. The minimum Gasteiger partial charge on any atom is -0.340 e. The van der Waals surface area contributed by atoms with Crippen molar-refractivity contribution in [3.63, 3.8) is 0 Å². The molecule has 1 aromatic carbocycles. The molecular formula is C20H24N4O2S. The molecule has 2 aromatic rings. The first-order valence-corrected chi connectivity index (χ1v) is 10.4. The van der Waals surface area contributed by atoms with Gasteiger partial charge in [-0.15, -0.1) is 0 Å². The monoisotopic (exact) mass is 384 g/mol. The number of fused-ring (bicyclic) bond motifs is 1. The molecule has 4 rings (SSSR count). The van der Waals surface area contributed by atoms with E-state index in [1.165, 1.54) is 5.56 Å². The van der Waals surface area contributed by atoms with Crippen LogP contribution < -0.4 is 5.56 Å². The Hall–Kier alpha value is -2.12. The van der Waals surface area contributed by atoms with Gasteiger partial charge < -0.3 is 4.90 Å². The average Bonchev–Trinajstić information content (AvgIpc) is 3.09. The van der Waals surface area contributed by atoms with Crippen molar-refractivity contribution in [2.75, 3.05) is 31.9 Å². The largest absolute Gasteiger partial charge is 0.340 e. The summed E-state index contributed by atoms with van der Waals surface area (Å²) in [6, 6.07) is 10.3. The zero-order chi connectivity index (χ0) is 18.8. The van der Waals surface area contributed by atoms with Crippen LogP contribution in [0.1, 0.15) is 23.6 Å². The number of amides is 1. The van der Waals surface area contributed by atoms with Crippen molar-refractivity contribution in [1.82, 2.24) is 19.4 Å². The molecule has 1 fully saturated rings. The summed E-state index contributed by atoms with van der Waals surface area (Å²) in [5, 5.41) is 0.732. The van der Waals surface area contributed by atoms with Crippen LogP contribution >= 0.6 is 11.8 Å². The van der Waals surface area contributed by atoms with Gasteiger partial charge in [0.25, 0.3) is 5.56 Å². The molecule has 1 aromatic heterocycles. The minimum absolute atomic E-state index is 0.0181. The molecule has 142 valence electrons. The Labute approximate surface area is 163 Å². The number of aryl methyl sites for hydroxylation is 1. The lowest BCUT2D eigenvalue weighted by atomic mass is 10.1. The summed E-state index contributed by atoms with van der Waals surface area (Å²) in [5.41, 5.74) is 1.92. The third-order valence-electron chi connectivity index (χ3n) is 5.29. The van der Waals surface area contributed by atoms with E-state index in [1.807, 2.05) is 11.0 Å². The van der Waals surface area contributed by atoms with Gasteiger partial charge in [-0.1, -0.05) is 42.1 Å². The van der Waals surface area contributed by atoms with Gasteiger partial charge in [0, 0.05) is 56.7 Å². The molecule has 1 amide bonds. The first kappa shape index (κ1) is 18.3. The van der Waals surface area contributed by atoms with Gasteiger partial charge in [-0.25, -0.2) is 4.98 Å². The summed E-state index contributed by atoms with van der Waals surface area (Å²) in [5.74, 6) is 0.881. The number of thioether (sulfide) groups is 1. The van der Waals surface area contributed by atoms with Crippen LogP contribution in [0.5, 0.6) is 0 Å². The van der Waals surface area contributed by atoms with Gasteiger partial charge in [-0.05, 0) is 12.5 Å². The van der Waals surface area contributed by atoms with Crippen LogP contribution in [0, 0.1) is 6.92 Å². The molecule has 1 saturated heterocycles. The van der Waals surface area contributed by atoms with E-state index in [4.69, 9.17) is 0 Å². The van der Waals surface area contributed by atoms with Crippen LogP contribution in [0.15, 0.2) is 46.5 Å². The van der Waals surface area contributed by atoms with E-state index in [1.54, 1.807) is 29.4 Å². The van der Waals surface area contributed by atoms with Crippen LogP contribution in [-0.4, -0.2) is 57.2 Å². The molecule has 7 heteroatoms. The zero-order valence-electron chi connectivity index (χ0n) is 15.5. The Balaban J connectivity index is 1.34. The number of piperazine rings is 1. The van der Waals surface area contributed by atoms with Crippen molar-refractivity contribution < 1.29 is 4.79 Å². The van der Waals surface area contributed by atoms with E-state index >= 15 is 0 Å². The van der Waals surface area contributed by atoms with E-state index in [0.717, 1.165) is 43.6 Å². The van der Waals surface area contributed by atoms with Gasteiger partial charge in [0.15, 0.2) is 5.16 Å². The Bertz CT molecular complexity index is 875. The lowest BCUT2D eigenvalue weighted by molar-refractivity contribution is -0.133. The van der Waals surface area contributed by atoms with E-state index in [0.29, 0.717) is 12.0 Å².